The zero-order valence-electron chi connectivity index (χ0n) is 21.1. The lowest BCUT2D eigenvalue weighted by Crippen LogP contribution is -2.42. The van der Waals surface area contributed by atoms with Gasteiger partial charge in [0.05, 0.1) is 24.0 Å². The minimum absolute atomic E-state index is 0.0871. The Morgan fingerprint density at radius 3 is 2.71 bits per heavy atom. The topological polar surface area (TPSA) is 86.7 Å². The Morgan fingerprint density at radius 1 is 1.15 bits per heavy atom. The van der Waals surface area contributed by atoms with Gasteiger partial charge in [0.25, 0.3) is 0 Å². The maximum absolute atomic E-state index is 12.8. The highest BCUT2D eigenvalue weighted by molar-refractivity contribution is 5.68. The van der Waals surface area contributed by atoms with E-state index in [1.54, 1.807) is 6.20 Å². The van der Waals surface area contributed by atoms with Crippen LogP contribution in [0.2, 0.25) is 0 Å². The molecule has 2 aromatic heterocycles. The number of unbranched alkanes of at least 4 members (excludes halogenated alkanes) is 3. The van der Waals surface area contributed by atoms with Crippen LogP contribution in [0.15, 0.2) is 24.7 Å². The van der Waals surface area contributed by atoms with Crippen molar-refractivity contribution in [1.82, 2.24) is 19.9 Å². The highest BCUT2D eigenvalue weighted by atomic mass is 16.6. The second kappa shape index (κ2) is 12.5. The van der Waals surface area contributed by atoms with Crippen LogP contribution in [-0.2, 0) is 4.74 Å². The van der Waals surface area contributed by atoms with Crippen LogP contribution in [0.5, 0.6) is 17.5 Å². The number of ether oxygens (including phenoxy) is 3. The van der Waals surface area contributed by atoms with Gasteiger partial charge in [-0.05, 0) is 59.1 Å². The van der Waals surface area contributed by atoms with Crippen LogP contribution in [0.25, 0.3) is 0 Å². The summed E-state index contributed by atoms with van der Waals surface area (Å²) in [6.45, 7) is 10.5. The summed E-state index contributed by atoms with van der Waals surface area (Å²) < 4.78 is 17.7. The molecule has 1 amide bonds. The number of rotatable bonds is 11. The molecule has 8 nitrogen and oxygen atoms in total. The third-order valence-electron chi connectivity index (χ3n) is 6.29. The lowest BCUT2D eigenvalue weighted by molar-refractivity contribution is 0.0740. The van der Waals surface area contributed by atoms with Gasteiger partial charge in [0.15, 0.2) is 5.75 Å². The number of aromatic nitrogens is 3. The Kier molecular flexibility index (Phi) is 9.48. The van der Waals surface area contributed by atoms with Gasteiger partial charge in [0.2, 0.25) is 11.8 Å². The number of pyridine rings is 1. The molecule has 2 unspecified atom stereocenters. The number of nitrogens with zero attached hydrogens (tertiary/aromatic N) is 4. The van der Waals surface area contributed by atoms with E-state index in [1.165, 1.54) is 19.2 Å². The zero-order chi connectivity index (χ0) is 24.5. The molecule has 0 bridgehead atoms. The van der Waals surface area contributed by atoms with Crippen LogP contribution < -0.4 is 9.47 Å². The number of carbonyl (C=O) groups is 1. The fourth-order valence-corrected chi connectivity index (χ4v) is 4.34. The van der Waals surface area contributed by atoms with Gasteiger partial charge in [-0.3, -0.25) is 4.98 Å². The van der Waals surface area contributed by atoms with Crippen LogP contribution in [0.4, 0.5) is 4.79 Å². The van der Waals surface area contributed by atoms with E-state index >= 15 is 0 Å². The molecule has 0 aromatic carbocycles. The summed E-state index contributed by atoms with van der Waals surface area (Å²) in [6.07, 6.45) is 9.78. The summed E-state index contributed by atoms with van der Waals surface area (Å²) in [5, 5.41) is 0. The molecule has 1 aliphatic heterocycles. The van der Waals surface area contributed by atoms with Crippen molar-refractivity contribution in [1.29, 1.82) is 0 Å². The molecular weight excluding hydrogens is 432 g/mol. The predicted molar refractivity (Wildman–Crippen MR) is 130 cm³/mol. The minimum Gasteiger partial charge on any atom is -0.474 e. The Morgan fingerprint density at radius 2 is 1.94 bits per heavy atom. The maximum Gasteiger partial charge on any atom is 0.410 e. The molecule has 1 aliphatic rings. The molecule has 1 saturated heterocycles. The largest absolute Gasteiger partial charge is 0.474 e. The molecule has 3 rings (SSSR count). The number of likely N-dealkylation sites (tertiary alicyclic amines) is 1. The average Bonchev–Trinajstić information content (AvgIpc) is 3.17. The molecule has 186 valence electrons. The summed E-state index contributed by atoms with van der Waals surface area (Å²) in [7, 11) is 0. The minimum atomic E-state index is -0.209. The van der Waals surface area contributed by atoms with Gasteiger partial charge in [-0.1, -0.05) is 26.2 Å². The standard InChI is InChI=1S/C26H38N4O4/c1-6-7-8-9-15-32-26(31)30-18(2)12-13-22(30)16-19(3)33-24-20(4)25(29-17-28-24)34-23-11-10-14-27-21(23)5/h10-11,14,17-19,22H,6-9,12-13,15-16H2,1-5H3/t18?,19-,22?/m1/s1. The SMILES string of the molecule is CCCCCCOC(=O)N1C(C)CCC1C[C@@H](C)Oc1ncnc(Oc2cccnc2C)c1C. The summed E-state index contributed by atoms with van der Waals surface area (Å²) in [5.74, 6) is 1.57. The smallest absolute Gasteiger partial charge is 0.410 e. The molecule has 3 heterocycles. The van der Waals surface area contributed by atoms with Crippen molar-refractivity contribution in [3.8, 4) is 17.5 Å². The summed E-state index contributed by atoms with van der Waals surface area (Å²) >= 11 is 0. The van der Waals surface area contributed by atoms with E-state index in [1.807, 2.05) is 37.8 Å². The first-order valence-corrected chi connectivity index (χ1v) is 12.4. The van der Waals surface area contributed by atoms with Gasteiger partial charge in [0.1, 0.15) is 6.33 Å². The van der Waals surface area contributed by atoms with Crippen molar-refractivity contribution in [2.45, 2.75) is 97.8 Å². The second-order valence-corrected chi connectivity index (χ2v) is 9.12. The molecule has 0 N–H and O–H groups in total. The summed E-state index contributed by atoms with van der Waals surface area (Å²) in [6, 6.07) is 3.93. The normalized spacial score (nSPS) is 18.6. The van der Waals surface area contributed by atoms with E-state index in [2.05, 4.69) is 28.8 Å². The molecule has 0 spiro atoms. The van der Waals surface area contributed by atoms with Gasteiger partial charge >= 0.3 is 6.09 Å². The Balaban J connectivity index is 1.58. The van der Waals surface area contributed by atoms with Gasteiger partial charge in [-0.15, -0.1) is 0 Å². The van der Waals surface area contributed by atoms with Crippen molar-refractivity contribution in [3.63, 3.8) is 0 Å². The van der Waals surface area contributed by atoms with Gasteiger partial charge in [0, 0.05) is 24.7 Å². The van der Waals surface area contributed by atoms with Crippen molar-refractivity contribution in [2.24, 2.45) is 0 Å². The number of aryl methyl sites for hydroxylation is 1. The number of hydrogen-bond acceptors (Lipinski definition) is 7. The Bertz CT molecular complexity index is 939. The molecule has 3 atom stereocenters. The average molecular weight is 471 g/mol. The maximum atomic E-state index is 12.8. The van der Waals surface area contributed by atoms with E-state index in [-0.39, 0.29) is 24.3 Å². The molecular formula is C26H38N4O4. The fourth-order valence-electron chi connectivity index (χ4n) is 4.34. The number of amides is 1. The van der Waals surface area contributed by atoms with Crippen LogP contribution in [0.3, 0.4) is 0 Å². The first-order chi connectivity index (χ1) is 16.4. The van der Waals surface area contributed by atoms with E-state index in [9.17, 15) is 4.79 Å². The van der Waals surface area contributed by atoms with Crippen LogP contribution >= 0.6 is 0 Å². The third kappa shape index (κ3) is 6.81. The molecule has 2 aromatic rings. The van der Waals surface area contributed by atoms with Crippen molar-refractivity contribution in [2.75, 3.05) is 6.61 Å². The lowest BCUT2D eigenvalue weighted by Gasteiger charge is -2.29. The highest BCUT2D eigenvalue weighted by Crippen LogP contribution is 2.31. The van der Waals surface area contributed by atoms with Gasteiger partial charge in [-0.25, -0.2) is 14.8 Å². The van der Waals surface area contributed by atoms with Crippen LogP contribution in [0, 0.1) is 13.8 Å². The van der Waals surface area contributed by atoms with E-state index in [0.29, 0.717) is 30.5 Å². The first-order valence-electron chi connectivity index (χ1n) is 12.4. The van der Waals surface area contributed by atoms with E-state index in [0.717, 1.165) is 36.9 Å². The molecule has 0 aliphatic carbocycles. The summed E-state index contributed by atoms with van der Waals surface area (Å²) in [5.41, 5.74) is 1.50. The van der Waals surface area contributed by atoms with Crippen LogP contribution in [-0.4, -0.2) is 50.7 Å². The van der Waals surface area contributed by atoms with Gasteiger partial charge < -0.3 is 19.1 Å². The molecule has 0 radical (unpaired) electrons. The van der Waals surface area contributed by atoms with Crippen molar-refractivity contribution >= 4 is 6.09 Å². The summed E-state index contributed by atoms with van der Waals surface area (Å²) in [4.78, 5) is 27.5. The van der Waals surface area contributed by atoms with E-state index in [4.69, 9.17) is 14.2 Å². The highest BCUT2D eigenvalue weighted by Gasteiger charge is 2.36. The number of carbonyl (C=O) groups excluding carboxylic acids is 1. The molecule has 34 heavy (non-hydrogen) atoms. The third-order valence-corrected chi connectivity index (χ3v) is 6.29. The monoisotopic (exact) mass is 470 g/mol. The molecule has 0 saturated carbocycles. The van der Waals surface area contributed by atoms with Crippen molar-refractivity contribution in [3.05, 3.63) is 35.9 Å². The molecule has 8 heteroatoms. The van der Waals surface area contributed by atoms with E-state index < -0.39 is 0 Å². The van der Waals surface area contributed by atoms with Crippen molar-refractivity contribution < 1.29 is 19.0 Å². The van der Waals surface area contributed by atoms with Crippen LogP contribution in [0.1, 0.15) is 77.0 Å². The molecule has 1 fully saturated rings. The fraction of sp³-hybridized carbons (Fsp3) is 0.615. The first kappa shape index (κ1) is 25.7. The quantitative estimate of drug-likeness (QED) is 0.372. The number of hydrogen-bond donors (Lipinski definition) is 0. The van der Waals surface area contributed by atoms with Gasteiger partial charge in [-0.2, -0.15) is 0 Å². The second-order valence-electron chi connectivity index (χ2n) is 9.12. The zero-order valence-corrected chi connectivity index (χ0v) is 21.1. The lowest BCUT2D eigenvalue weighted by atomic mass is 10.1. The Hall–Kier alpha value is -2.90. The Labute approximate surface area is 203 Å². The predicted octanol–water partition coefficient (Wildman–Crippen LogP) is 6.01.